The van der Waals surface area contributed by atoms with Crippen molar-refractivity contribution in [2.75, 3.05) is 26.2 Å². The Balaban J connectivity index is 1.31. The molecule has 2 amide bonds. The average molecular weight is 414 g/mol. The predicted octanol–water partition coefficient (Wildman–Crippen LogP) is 2.20. The van der Waals surface area contributed by atoms with Gasteiger partial charge < -0.3 is 10.2 Å². The molecule has 30 heavy (non-hydrogen) atoms. The summed E-state index contributed by atoms with van der Waals surface area (Å²) >= 11 is 0. The molecular weight excluding hydrogens is 378 g/mol. The number of hydrogen-bond acceptors (Lipinski definition) is 4. The number of nitrogens with zero attached hydrogens (tertiary/aromatic N) is 3. The molecule has 1 aromatic heterocycles. The highest BCUT2D eigenvalue weighted by molar-refractivity contribution is 5.92. The number of hydrogen-bond donors (Lipinski definition) is 2. The molecular formula is C23H35N5O2. The zero-order chi connectivity index (χ0) is 20.7. The van der Waals surface area contributed by atoms with E-state index < -0.39 is 0 Å². The van der Waals surface area contributed by atoms with Crippen molar-refractivity contribution in [1.29, 1.82) is 0 Å². The van der Waals surface area contributed by atoms with Gasteiger partial charge in [0.1, 0.15) is 5.69 Å². The highest BCUT2D eigenvalue weighted by Gasteiger charge is 2.48. The Morgan fingerprint density at radius 2 is 2.00 bits per heavy atom. The zero-order valence-corrected chi connectivity index (χ0v) is 18.1. The minimum atomic E-state index is 0.0576. The Bertz CT molecular complexity index is 788. The van der Waals surface area contributed by atoms with Crippen LogP contribution in [0.1, 0.15) is 68.1 Å². The maximum Gasteiger partial charge on any atom is 0.274 e. The highest BCUT2D eigenvalue weighted by atomic mass is 16.2. The molecule has 0 radical (unpaired) electrons. The van der Waals surface area contributed by atoms with Crippen LogP contribution in [0.25, 0.3) is 0 Å². The number of piperidine rings is 3. The fourth-order valence-corrected chi connectivity index (χ4v) is 6.19. The topological polar surface area (TPSA) is 81.3 Å². The van der Waals surface area contributed by atoms with E-state index >= 15 is 0 Å². The van der Waals surface area contributed by atoms with E-state index in [2.05, 4.69) is 27.3 Å². The molecule has 1 aromatic rings. The summed E-state index contributed by atoms with van der Waals surface area (Å²) in [6, 6.07) is 2.79. The fourth-order valence-electron chi connectivity index (χ4n) is 6.19. The van der Waals surface area contributed by atoms with Crippen LogP contribution in [0.5, 0.6) is 0 Å². The van der Waals surface area contributed by atoms with Crippen molar-refractivity contribution in [3.05, 3.63) is 17.5 Å². The summed E-state index contributed by atoms with van der Waals surface area (Å²) in [7, 11) is 0. The second-order valence-electron chi connectivity index (χ2n) is 9.84. The average Bonchev–Trinajstić information content (AvgIpc) is 3.21. The van der Waals surface area contributed by atoms with E-state index in [-0.39, 0.29) is 17.7 Å². The number of carbonyl (C=O) groups is 2. The zero-order valence-electron chi connectivity index (χ0n) is 18.1. The molecule has 0 aromatic carbocycles. The Kier molecular flexibility index (Phi) is 5.56. The molecule has 164 valence electrons. The molecule has 7 nitrogen and oxygen atoms in total. The predicted molar refractivity (Wildman–Crippen MR) is 114 cm³/mol. The van der Waals surface area contributed by atoms with Crippen molar-refractivity contribution >= 4 is 11.8 Å². The van der Waals surface area contributed by atoms with Crippen molar-refractivity contribution in [3.8, 4) is 0 Å². The molecule has 3 aliphatic heterocycles. The molecule has 2 N–H and O–H groups in total. The largest absolute Gasteiger partial charge is 0.354 e. The van der Waals surface area contributed by atoms with Crippen LogP contribution in [-0.4, -0.2) is 70.1 Å². The molecule has 4 atom stereocenters. The molecule has 5 rings (SSSR count). The molecule has 7 heteroatoms. The monoisotopic (exact) mass is 413 g/mol. The van der Waals surface area contributed by atoms with Gasteiger partial charge in [-0.2, -0.15) is 5.10 Å². The molecule has 1 aliphatic carbocycles. The quantitative estimate of drug-likeness (QED) is 0.775. The number of amides is 2. The second kappa shape index (κ2) is 8.33. The van der Waals surface area contributed by atoms with Crippen molar-refractivity contribution < 1.29 is 9.59 Å². The first kappa shape index (κ1) is 20.0. The van der Waals surface area contributed by atoms with E-state index in [9.17, 15) is 9.59 Å². The molecule has 4 heterocycles. The van der Waals surface area contributed by atoms with Crippen LogP contribution in [0.2, 0.25) is 0 Å². The summed E-state index contributed by atoms with van der Waals surface area (Å²) in [5.74, 6) is 1.49. The second-order valence-corrected chi connectivity index (χ2v) is 9.84. The Morgan fingerprint density at radius 3 is 2.73 bits per heavy atom. The van der Waals surface area contributed by atoms with E-state index in [1.807, 2.05) is 11.0 Å². The molecule has 1 saturated carbocycles. The molecule has 3 saturated heterocycles. The van der Waals surface area contributed by atoms with Crippen LogP contribution in [0.15, 0.2) is 6.07 Å². The Hall–Kier alpha value is -1.89. The van der Waals surface area contributed by atoms with Crippen LogP contribution >= 0.6 is 0 Å². The van der Waals surface area contributed by atoms with Crippen molar-refractivity contribution in [3.63, 3.8) is 0 Å². The minimum absolute atomic E-state index is 0.0576. The first-order chi connectivity index (χ1) is 14.6. The smallest absolute Gasteiger partial charge is 0.274 e. The third kappa shape index (κ3) is 3.66. The molecule has 4 fully saturated rings. The molecule has 0 unspecified atom stereocenters. The fraction of sp³-hybridized carbons (Fsp3) is 0.783. The highest BCUT2D eigenvalue weighted by Crippen LogP contribution is 2.41. The van der Waals surface area contributed by atoms with Gasteiger partial charge >= 0.3 is 0 Å². The number of likely N-dealkylation sites (tertiary alicyclic amines) is 1. The summed E-state index contributed by atoms with van der Waals surface area (Å²) in [6.07, 6.45) is 9.04. The van der Waals surface area contributed by atoms with E-state index in [1.165, 1.54) is 32.1 Å². The minimum Gasteiger partial charge on any atom is -0.354 e. The van der Waals surface area contributed by atoms with Crippen LogP contribution in [0, 0.1) is 17.8 Å². The Labute approximate surface area is 178 Å². The number of aromatic amines is 1. The SMILES string of the molecule is CCc1cc(C(=O)N2C[C@H]3C[C@@H](C2)[C@H](CNC(=O)C2CCC2)N2CCCC[C@@H]32)n[nH]1. The first-order valence-corrected chi connectivity index (χ1v) is 12.0. The number of aromatic nitrogens is 2. The van der Waals surface area contributed by atoms with Gasteiger partial charge in [0, 0.05) is 43.3 Å². The normalized spacial score (nSPS) is 31.7. The van der Waals surface area contributed by atoms with Gasteiger partial charge in [-0.1, -0.05) is 19.8 Å². The van der Waals surface area contributed by atoms with Gasteiger partial charge in [0.15, 0.2) is 0 Å². The number of H-pyrrole nitrogens is 1. The Morgan fingerprint density at radius 1 is 1.17 bits per heavy atom. The molecule has 0 spiro atoms. The van der Waals surface area contributed by atoms with Crippen molar-refractivity contribution in [2.45, 2.75) is 70.4 Å². The van der Waals surface area contributed by atoms with Gasteiger partial charge in [-0.25, -0.2) is 0 Å². The van der Waals surface area contributed by atoms with Gasteiger partial charge in [-0.3, -0.25) is 19.6 Å². The van der Waals surface area contributed by atoms with E-state index in [1.54, 1.807) is 0 Å². The molecule has 4 aliphatic rings. The third-order valence-electron chi connectivity index (χ3n) is 8.10. The number of fused-ring (bicyclic) bond motifs is 4. The van der Waals surface area contributed by atoms with Crippen LogP contribution in [-0.2, 0) is 11.2 Å². The third-order valence-corrected chi connectivity index (χ3v) is 8.10. The number of carbonyl (C=O) groups excluding carboxylic acids is 2. The number of aryl methyl sites for hydroxylation is 1. The lowest BCUT2D eigenvalue weighted by Gasteiger charge is -2.56. The lowest BCUT2D eigenvalue weighted by Crippen LogP contribution is -2.66. The summed E-state index contributed by atoms with van der Waals surface area (Å²) in [6.45, 7) is 5.54. The van der Waals surface area contributed by atoms with Crippen molar-refractivity contribution in [2.24, 2.45) is 17.8 Å². The van der Waals surface area contributed by atoms with E-state index in [0.717, 1.165) is 51.1 Å². The summed E-state index contributed by atoms with van der Waals surface area (Å²) in [4.78, 5) is 30.4. The standard InChI is InChI=1S/C23H35N5O2/c1-2-18-11-19(26-25-18)23(30)27-13-16-10-17(14-27)21(28-9-4-3-8-20(16)28)12-24-22(29)15-6-5-7-15/h11,15-17,20-21H,2-10,12-14H2,1H3,(H,24,29)(H,25,26)/t16-,17+,20+,21+/m1/s1. The van der Waals surface area contributed by atoms with E-state index in [0.29, 0.717) is 29.6 Å². The maximum atomic E-state index is 13.2. The van der Waals surface area contributed by atoms with Crippen LogP contribution in [0.4, 0.5) is 0 Å². The van der Waals surface area contributed by atoms with Gasteiger partial charge in [-0.05, 0) is 63.0 Å². The van der Waals surface area contributed by atoms with Gasteiger partial charge in [0.2, 0.25) is 5.91 Å². The summed E-state index contributed by atoms with van der Waals surface area (Å²) in [5, 5.41) is 10.5. The summed E-state index contributed by atoms with van der Waals surface area (Å²) < 4.78 is 0. The van der Waals surface area contributed by atoms with Crippen LogP contribution < -0.4 is 5.32 Å². The first-order valence-electron chi connectivity index (χ1n) is 12.0. The van der Waals surface area contributed by atoms with Crippen molar-refractivity contribution in [1.82, 2.24) is 25.3 Å². The maximum absolute atomic E-state index is 13.2. The molecule has 2 bridgehead atoms. The van der Waals surface area contributed by atoms with E-state index in [4.69, 9.17) is 0 Å². The number of nitrogens with one attached hydrogen (secondary N) is 2. The van der Waals surface area contributed by atoms with Gasteiger partial charge in [0.25, 0.3) is 5.91 Å². The lowest BCUT2D eigenvalue weighted by molar-refractivity contribution is -0.128. The van der Waals surface area contributed by atoms with Gasteiger partial charge in [-0.15, -0.1) is 0 Å². The lowest BCUT2D eigenvalue weighted by atomic mass is 9.72. The van der Waals surface area contributed by atoms with Gasteiger partial charge in [0.05, 0.1) is 0 Å². The van der Waals surface area contributed by atoms with Crippen LogP contribution in [0.3, 0.4) is 0 Å². The number of rotatable bonds is 5. The summed E-state index contributed by atoms with van der Waals surface area (Å²) in [5.41, 5.74) is 1.55.